The maximum Gasteiger partial charge on any atom is 0.126 e. The van der Waals surface area contributed by atoms with E-state index in [1.165, 1.54) is 6.07 Å². The van der Waals surface area contributed by atoms with Gasteiger partial charge >= 0.3 is 0 Å². The third kappa shape index (κ3) is 3.58. The Kier molecular flexibility index (Phi) is 5.43. The molecular formula is C13H20FNO. The van der Waals surface area contributed by atoms with Crippen molar-refractivity contribution in [1.29, 1.82) is 0 Å². The molecule has 0 heterocycles. The van der Waals surface area contributed by atoms with Crippen LogP contribution in [0.25, 0.3) is 0 Å². The van der Waals surface area contributed by atoms with Crippen LogP contribution in [0.4, 0.5) is 4.39 Å². The van der Waals surface area contributed by atoms with E-state index in [0.29, 0.717) is 18.8 Å². The molecule has 0 aliphatic carbocycles. The van der Waals surface area contributed by atoms with Crippen LogP contribution < -0.4 is 5.32 Å². The van der Waals surface area contributed by atoms with Gasteiger partial charge in [0.25, 0.3) is 0 Å². The first-order valence-electron chi connectivity index (χ1n) is 5.76. The Morgan fingerprint density at radius 3 is 2.69 bits per heavy atom. The van der Waals surface area contributed by atoms with Gasteiger partial charge < -0.3 is 10.1 Å². The summed E-state index contributed by atoms with van der Waals surface area (Å²) in [7, 11) is 0. The van der Waals surface area contributed by atoms with E-state index in [9.17, 15) is 4.39 Å². The number of hydrogen-bond acceptors (Lipinski definition) is 2. The molecule has 1 N–H and O–H groups in total. The van der Waals surface area contributed by atoms with E-state index in [4.69, 9.17) is 4.74 Å². The SMILES string of the molecule is CCNC(COCC)c1ccc(F)c(C)c1. The van der Waals surface area contributed by atoms with Crippen molar-refractivity contribution in [2.45, 2.75) is 26.8 Å². The van der Waals surface area contributed by atoms with Crippen LogP contribution in [0.15, 0.2) is 18.2 Å². The largest absolute Gasteiger partial charge is 0.380 e. The van der Waals surface area contributed by atoms with Gasteiger partial charge in [0.05, 0.1) is 12.6 Å². The van der Waals surface area contributed by atoms with Crippen LogP contribution in [0, 0.1) is 12.7 Å². The van der Waals surface area contributed by atoms with Crippen molar-refractivity contribution in [2.24, 2.45) is 0 Å². The minimum Gasteiger partial charge on any atom is -0.380 e. The minimum absolute atomic E-state index is 0.143. The molecule has 0 aliphatic heterocycles. The first kappa shape index (κ1) is 13.1. The quantitative estimate of drug-likeness (QED) is 0.803. The van der Waals surface area contributed by atoms with Gasteiger partial charge in [-0.15, -0.1) is 0 Å². The maximum atomic E-state index is 13.1. The summed E-state index contributed by atoms with van der Waals surface area (Å²) >= 11 is 0. The van der Waals surface area contributed by atoms with Gasteiger partial charge in [-0.05, 0) is 37.6 Å². The van der Waals surface area contributed by atoms with Gasteiger partial charge in [0.2, 0.25) is 0 Å². The summed E-state index contributed by atoms with van der Waals surface area (Å²) in [6.07, 6.45) is 0. The van der Waals surface area contributed by atoms with Gasteiger partial charge in [-0.1, -0.05) is 19.1 Å². The molecule has 3 heteroatoms. The zero-order valence-corrected chi connectivity index (χ0v) is 10.2. The fourth-order valence-electron chi connectivity index (χ4n) is 1.64. The van der Waals surface area contributed by atoms with Gasteiger partial charge in [-0.25, -0.2) is 4.39 Å². The fourth-order valence-corrected chi connectivity index (χ4v) is 1.64. The third-order valence-corrected chi connectivity index (χ3v) is 2.52. The predicted molar refractivity (Wildman–Crippen MR) is 64.0 cm³/mol. The number of likely N-dealkylation sites (N-methyl/N-ethyl adjacent to an activating group) is 1. The second kappa shape index (κ2) is 6.61. The molecule has 1 aromatic rings. The summed E-state index contributed by atoms with van der Waals surface area (Å²) in [6.45, 7) is 7.99. The lowest BCUT2D eigenvalue weighted by molar-refractivity contribution is 0.123. The lowest BCUT2D eigenvalue weighted by Gasteiger charge is -2.18. The van der Waals surface area contributed by atoms with Crippen LogP contribution in [0.1, 0.15) is 31.0 Å². The molecule has 1 atom stereocenters. The predicted octanol–water partition coefficient (Wildman–Crippen LogP) is 2.82. The average Bonchev–Trinajstić information content (AvgIpc) is 2.28. The Morgan fingerprint density at radius 2 is 2.12 bits per heavy atom. The van der Waals surface area contributed by atoms with Crippen LogP contribution in [-0.4, -0.2) is 19.8 Å². The van der Waals surface area contributed by atoms with E-state index in [1.807, 2.05) is 19.1 Å². The zero-order valence-electron chi connectivity index (χ0n) is 10.2. The van der Waals surface area contributed by atoms with E-state index in [2.05, 4.69) is 12.2 Å². The molecule has 0 aromatic heterocycles. The highest BCUT2D eigenvalue weighted by Gasteiger charge is 2.11. The lowest BCUT2D eigenvalue weighted by Crippen LogP contribution is -2.25. The minimum atomic E-state index is -0.157. The highest BCUT2D eigenvalue weighted by atomic mass is 19.1. The van der Waals surface area contributed by atoms with Crippen molar-refractivity contribution in [3.05, 3.63) is 35.1 Å². The summed E-state index contributed by atoms with van der Waals surface area (Å²) in [6, 6.07) is 5.35. The second-order valence-corrected chi connectivity index (χ2v) is 3.78. The van der Waals surface area contributed by atoms with Crippen LogP contribution in [0.2, 0.25) is 0 Å². The Morgan fingerprint density at radius 1 is 1.38 bits per heavy atom. The van der Waals surface area contributed by atoms with Crippen molar-refractivity contribution in [1.82, 2.24) is 5.32 Å². The van der Waals surface area contributed by atoms with Crippen molar-refractivity contribution in [2.75, 3.05) is 19.8 Å². The van der Waals surface area contributed by atoms with Crippen LogP contribution in [0.3, 0.4) is 0 Å². The molecule has 1 unspecified atom stereocenters. The molecule has 0 fully saturated rings. The Balaban J connectivity index is 2.78. The molecular weight excluding hydrogens is 205 g/mol. The van der Waals surface area contributed by atoms with Crippen LogP contribution in [-0.2, 0) is 4.74 Å². The molecule has 0 saturated heterocycles. The Labute approximate surface area is 96.8 Å². The first-order valence-corrected chi connectivity index (χ1v) is 5.76. The van der Waals surface area contributed by atoms with Gasteiger partial charge in [-0.2, -0.15) is 0 Å². The number of hydrogen-bond donors (Lipinski definition) is 1. The number of rotatable bonds is 6. The van der Waals surface area contributed by atoms with Crippen molar-refractivity contribution in [3.63, 3.8) is 0 Å². The highest BCUT2D eigenvalue weighted by Crippen LogP contribution is 2.17. The van der Waals surface area contributed by atoms with Crippen molar-refractivity contribution < 1.29 is 9.13 Å². The second-order valence-electron chi connectivity index (χ2n) is 3.78. The Hall–Kier alpha value is -0.930. The topological polar surface area (TPSA) is 21.3 Å². The van der Waals surface area contributed by atoms with E-state index >= 15 is 0 Å². The van der Waals surface area contributed by atoms with Crippen LogP contribution in [0.5, 0.6) is 0 Å². The van der Waals surface area contributed by atoms with E-state index in [-0.39, 0.29) is 11.9 Å². The molecule has 16 heavy (non-hydrogen) atoms. The third-order valence-electron chi connectivity index (χ3n) is 2.52. The molecule has 2 nitrogen and oxygen atoms in total. The van der Waals surface area contributed by atoms with Gasteiger partial charge in [0.1, 0.15) is 5.82 Å². The molecule has 90 valence electrons. The summed E-state index contributed by atoms with van der Waals surface area (Å²) in [5.41, 5.74) is 1.76. The molecule has 1 rings (SSSR count). The van der Waals surface area contributed by atoms with Crippen LogP contribution >= 0.6 is 0 Å². The van der Waals surface area contributed by atoms with Crippen molar-refractivity contribution in [3.8, 4) is 0 Å². The Bertz CT molecular complexity index is 328. The average molecular weight is 225 g/mol. The normalized spacial score (nSPS) is 12.8. The smallest absolute Gasteiger partial charge is 0.126 e. The highest BCUT2D eigenvalue weighted by molar-refractivity contribution is 5.26. The van der Waals surface area contributed by atoms with E-state index < -0.39 is 0 Å². The molecule has 0 bridgehead atoms. The molecule has 0 spiro atoms. The fraction of sp³-hybridized carbons (Fsp3) is 0.538. The monoisotopic (exact) mass is 225 g/mol. The number of ether oxygens (including phenoxy) is 1. The zero-order chi connectivity index (χ0) is 12.0. The maximum absolute atomic E-state index is 13.1. The molecule has 0 radical (unpaired) electrons. The van der Waals surface area contributed by atoms with Gasteiger partial charge in [0, 0.05) is 6.61 Å². The lowest BCUT2D eigenvalue weighted by atomic mass is 10.0. The standard InChI is InChI=1S/C13H20FNO/c1-4-15-13(9-16-5-2)11-6-7-12(14)10(3)8-11/h6-8,13,15H,4-5,9H2,1-3H3. The summed E-state index contributed by atoms with van der Waals surface area (Å²) in [5, 5.41) is 3.33. The molecule has 0 saturated carbocycles. The molecule has 0 amide bonds. The van der Waals surface area contributed by atoms with E-state index in [0.717, 1.165) is 12.1 Å². The number of halogens is 1. The molecule has 0 aliphatic rings. The van der Waals surface area contributed by atoms with Gasteiger partial charge in [0.15, 0.2) is 0 Å². The van der Waals surface area contributed by atoms with Crippen molar-refractivity contribution >= 4 is 0 Å². The summed E-state index contributed by atoms with van der Waals surface area (Å²) in [4.78, 5) is 0. The van der Waals surface area contributed by atoms with Gasteiger partial charge in [-0.3, -0.25) is 0 Å². The first-order chi connectivity index (χ1) is 7.69. The van der Waals surface area contributed by atoms with E-state index in [1.54, 1.807) is 6.92 Å². The number of benzene rings is 1. The number of nitrogens with one attached hydrogen (secondary N) is 1. The summed E-state index contributed by atoms with van der Waals surface area (Å²) < 4.78 is 18.6. The number of aryl methyl sites for hydroxylation is 1. The summed E-state index contributed by atoms with van der Waals surface area (Å²) in [5.74, 6) is -0.157. The molecule has 1 aromatic carbocycles.